The maximum absolute atomic E-state index is 12.7. The Hall–Kier alpha value is -2.08. The molecule has 5 rings (SSSR count). The molecule has 9 nitrogen and oxygen atoms in total. The Morgan fingerprint density at radius 3 is 2.59 bits per heavy atom. The van der Waals surface area contributed by atoms with Gasteiger partial charge in [0.25, 0.3) is 10.1 Å². The zero-order valence-corrected chi connectivity index (χ0v) is 19.2. The maximum Gasteiger partial charge on any atom is 0.297 e. The minimum Gasteiger partial charge on any atom is -0.347 e. The first-order valence-electron chi connectivity index (χ1n) is 10.1. The van der Waals surface area contributed by atoms with E-state index < -0.39 is 40.4 Å². The Labute approximate surface area is 190 Å². The number of aromatic nitrogens is 3. The molecule has 0 radical (unpaired) electrons. The van der Waals surface area contributed by atoms with Gasteiger partial charge in [-0.3, -0.25) is 4.18 Å². The predicted molar refractivity (Wildman–Crippen MR) is 115 cm³/mol. The summed E-state index contributed by atoms with van der Waals surface area (Å²) in [5.74, 6) is -0.860. The highest BCUT2D eigenvalue weighted by Crippen LogP contribution is 2.44. The smallest absolute Gasteiger partial charge is 0.297 e. The molecule has 0 spiro atoms. The third-order valence-electron chi connectivity index (χ3n) is 5.56. The zero-order valence-electron chi connectivity index (χ0n) is 17.6. The Morgan fingerprint density at radius 2 is 1.84 bits per heavy atom. The molecule has 11 heteroatoms. The van der Waals surface area contributed by atoms with Gasteiger partial charge in [0.05, 0.1) is 16.9 Å². The standard InChI is InChI=1S/C21H22ClN3O6S/c1-12-4-6-13(7-5-12)32(26,27)28-10-15-16-17(31-21(2,3)30-16)20(29-15)25-9-8-14-18(22)23-11-24-19(14)25/h4-9,11,15-17,20H,10H2,1-3H3/t15-,16-,17-,20?/m1/s1. The molecule has 0 bridgehead atoms. The van der Waals surface area contributed by atoms with E-state index in [4.69, 9.17) is 30.0 Å². The van der Waals surface area contributed by atoms with Crippen molar-refractivity contribution in [3.63, 3.8) is 0 Å². The molecule has 4 heterocycles. The summed E-state index contributed by atoms with van der Waals surface area (Å²) in [5, 5.41) is 1.01. The second kappa shape index (κ2) is 7.75. The second-order valence-electron chi connectivity index (χ2n) is 8.31. The van der Waals surface area contributed by atoms with Crippen molar-refractivity contribution in [1.82, 2.24) is 14.5 Å². The third kappa shape index (κ3) is 3.81. The van der Waals surface area contributed by atoms with E-state index in [2.05, 4.69) is 9.97 Å². The van der Waals surface area contributed by atoms with Gasteiger partial charge >= 0.3 is 0 Å². The van der Waals surface area contributed by atoms with Crippen molar-refractivity contribution in [2.45, 2.75) is 56.0 Å². The summed E-state index contributed by atoms with van der Waals surface area (Å²) in [6.45, 7) is 5.26. The Balaban J connectivity index is 1.41. The van der Waals surface area contributed by atoms with Crippen molar-refractivity contribution < 1.29 is 26.8 Å². The van der Waals surface area contributed by atoms with Crippen LogP contribution in [0, 0.1) is 6.92 Å². The lowest BCUT2D eigenvalue weighted by Gasteiger charge is -2.25. The molecule has 2 aromatic heterocycles. The molecule has 170 valence electrons. The van der Waals surface area contributed by atoms with Crippen LogP contribution in [0.2, 0.25) is 5.15 Å². The molecule has 0 aliphatic carbocycles. The summed E-state index contributed by atoms with van der Waals surface area (Å²) in [6.07, 6.45) is 0.845. The predicted octanol–water partition coefficient (Wildman–Crippen LogP) is 3.22. The number of hydrogen-bond acceptors (Lipinski definition) is 8. The molecule has 2 aliphatic heterocycles. The lowest BCUT2D eigenvalue weighted by molar-refractivity contribution is -0.198. The van der Waals surface area contributed by atoms with Crippen LogP contribution in [0.4, 0.5) is 0 Å². The van der Waals surface area contributed by atoms with Gasteiger partial charge in [-0.1, -0.05) is 29.3 Å². The number of aryl methyl sites for hydroxylation is 1. The van der Waals surface area contributed by atoms with Crippen LogP contribution in [-0.4, -0.2) is 53.7 Å². The minimum atomic E-state index is -3.95. The van der Waals surface area contributed by atoms with E-state index >= 15 is 0 Å². The largest absolute Gasteiger partial charge is 0.347 e. The van der Waals surface area contributed by atoms with Crippen molar-refractivity contribution in [3.05, 3.63) is 53.6 Å². The monoisotopic (exact) mass is 479 g/mol. The zero-order chi connectivity index (χ0) is 22.7. The van der Waals surface area contributed by atoms with Crippen LogP contribution in [0.3, 0.4) is 0 Å². The van der Waals surface area contributed by atoms with E-state index in [-0.39, 0.29) is 11.5 Å². The maximum atomic E-state index is 12.7. The van der Waals surface area contributed by atoms with E-state index in [0.717, 1.165) is 5.56 Å². The summed E-state index contributed by atoms with van der Waals surface area (Å²) in [5.41, 5.74) is 1.53. The highest BCUT2D eigenvalue weighted by molar-refractivity contribution is 7.86. The fourth-order valence-electron chi connectivity index (χ4n) is 4.09. The molecule has 0 amide bonds. The first-order valence-corrected chi connectivity index (χ1v) is 11.9. The normalized spacial score (nSPS) is 27.1. The summed E-state index contributed by atoms with van der Waals surface area (Å²) in [6, 6.07) is 8.26. The molecule has 2 fully saturated rings. The van der Waals surface area contributed by atoms with Crippen LogP contribution >= 0.6 is 11.6 Å². The SMILES string of the molecule is Cc1ccc(S(=O)(=O)OC[C@H]2OC(n3ccc4c(Cl)ncnc43)[C@@H]3OC(C)(C)O[C@H]23)cc1. The Morgan fingerprint density at radius 1 is 1.12 bits per heavy atom. The molecular formula is C21H22ClN3O6S. The fourth-order valence-corrected chi connectivity index (χ4v) is 5.20. The van der Waals surface area contributed by atoms with E-state index in [1.54, 1.807) is 42.8 Å². The van der Waals surface area contributed by atoms with Gasteiger partial charge in [0, 0.05) is 6.20 Å². The molecule has 4 atom stereocenters. The summed E-state index contributed by atoms with van der Waals surface area (Å²) < 4.78 is 50.8. The molecule has 3 aromatic rings. The first-order chi connectivity index (χ1) is 15.1. The van der Waals surface area contributed by atoms with Crippen molar-refractivity contribution in [3.8, 4) is 0 Å². The number of benzene rings is 1. The number of halogens is 1. The molecule has 2 aliphatic rings. The topological polar surface area (TPSA) is 102 Å². The number of fused-ring (bicyclic) bond motifs is 2. The fraction of sp³-hybridized carbons (Fsp3) is 0.429. The first kappa shape index (κ1) is 21.7. The van der Waals surface area contributed by atoms with Crippen LogP contribution in [-0.2, 0) is 28.5 Å². The van der Waals surface area contributed by atoms with Gasteiger partial charge < -0.3 is 18.8 Å². The number of ether oxygens (including phenoxy) is 3. The molecule has 1 aromatic carbocycles. The summed E-state index contributed by atoms with van der Waals surface area (Å²) >= 11 is 6.18. The highest BCUT2D eigenvalue weighted by Gasteiger charge is 2.56. The van der Waals surface area contributed by atoms with Crippen molar-refractivity contribution in [2.24, 2.45) is 0 Å². The lowest BCUT2D eigenvalue weighted by Crippen LogP contribution is -2.33. The van der Waals surface area contributed by atoms with Crippen LogP contribution in [0.5, 0.6) is 0 Å². The van der Waals surface area contributed by atoms with Gasteiger partial charge in [-0.2, -0.15) is 8.42 Å². The highest BCUT2D eigenvalue weighted by atomic mass is 35.5. The van der Waals surface area contributed by atoms with E-state index in [0.29, 0.717) is 16.2 Å². The van der Waals surface area contributed by atoms with Crippen molar-refractivity contribution in [2.75, 3.05) is 6.61 Å². The average molecular weight is 480 g/mol. The second-order valence-corrected chi connectivity index (χ2v) is 10.3. The van der Waals surface area contributed by atoms with Crippen molar-refractivity contribution >= 4 is 32.8 Å². The van der Waals surface area contributed by atoms with Gasteiger partial charge in [-0.05, 0) is 39.0 Å². The van der Waals surface area contributed by atoms with Gasteiger partial charge in [0.1, 0.15) is 35.4 Å². The van der Waals surface area contributed by atoms with Crippen LogP contribution in [0.25, 0.3) is 11.0 Å². The van der Waals surface area contributed by atoms with Gasteiger partial charge in [-0.15, -0.1) is 0 Å². The number of hydrogen-bond donors (Lipinski definition) is 0. The van der Waals surface area contributed by atoms with Gasteiger partial charge in [0.15, 0.2) is 12.0 Å². The number of rotatable bonds is 5. The summed E-state index contributed by atoms with van der Waals surface area (Å²) in [4.78, 5) is 8.40. The minimum absolute atomic E-state index is 0.0841. The van der Waals surface area contributed by atoms with E-state index in [1.807, 2.05) is 6.92 Å². The van der Waals surface area contributed by atoms with E-state index in [1.165, 1.54) is 18.5 Å². The van der Waals surface area contributed by atoms with Crippen LogP contribution in [0.15, 0.2) is 47.8 Å². The molecule has 0 saturated carbocycles. The van der Waals surface area contributed by atoms with Crippen molar-refractivity contribution in [1.29, 1.82) is 0 Å². The average Bonchev–Trinajstić information content (AvgIpc) is 3.38. The number of nitrogens with zero attached hydrogens (tertiary/aromatic N) is 3. The third-order valence-corrected chi connectivity index (χ3v) is 7.15. The van der Waals surface area contributed by atoms with Crippen LogP contribution in [0.1, 0.15) is 25.6 Å². The molecule has 32 heavy (non-hydrogen) atoms. The molecular weight excluding hydrogens is 458 g/mol. The molecule has 0 N–H and O–H groups in total. The lowest BCUT2D eigenvalue weighted by atomic mass is 10.1. The van der Waals surface area contributed by atoms with Gasteiger partial charge in [-0.25, -0.2) is 9.97 Å². The molecule has 1 unspecified atom stereocenters. The van der Waals surface area contributed by atoms with E-state index in [9.17, 15) is 8.42 Å². The summed E-state index contributed by atoms with van der Waals surface area (Å²) in [7, 11) is -3.95. The Kier molecular flexibility index (Phi) is 5.27. The Bertz CT molecular complexity index is 1260. The quantitative estimate of drug-likeness (QED) is 0.406. The molecule has 2 saturated heterocycles. The van der Waals surface area contributed by atoms with Gasteiger partial charge in [0.2, 0.25) is 0 Å². The van der Waals surface area contributed by atoms with Crippen LogP contribution < -0.4 is 0 Å².